The third-order valence-electron chi connectivity index (χ3n) is 3.44. The smallest absolute Gasteiger partial charge is 0.395 e. The van der Waals surface area contributed by atoms with Crippen LogP contribution in [0.1, 0.15) is 19.8 Å². The van der Waals surface area contributed by atoms with Gasteiger partial charge in [0.05, 0.1) is 19.8 Å². The van der Waals surface area contributed by atoms with Crippen molar-refractivity contribution >= 4 is 0 Å². The Bertz CT molecular complexity index is 264. The molecule has 1 aliphatic rings. The Hall–Kier alpha value is -0.370. The number of aliphatic hydroxyl groups is 1. The monoisotopic (exact) mass is 298 g/mol. The standard InChI is InChI=1S/C13H25F3N2O2/c1-2-4-17-12-3-7-20-9-11(12)8-18(5-6-19)10-13(14,15)16/h11-12,17,19H,2-10H2,1H3. The summed E-state index contributed by atoms with van der Waals surface area (Å²) in [5, 5.41) is 12.3. The molecule has 0 saturated carbocycles. The van der Waals surface area contributed by atoms with E-state index in [0.717, 1.165) is 19.4 Å². The Morgan fingerprint density at radius 2 is 2.15 bits per heavy atom. The van der Waals surface area contributed by atoms with Crippen molar-refractivity contribution in [3.8, 4) is 0 Å². The minimum absolute atomic E-state index is 0.0317. The quantitative estimate of drug-likeness (QED) is 0.708. The molecule has 20 heavy (non-hydrogen) atoms. The van der Waals surface area contributed by atoms with Crippen molar-refractivity contribution in [2.45, 2.75) is 32.0 Å². The fourth-order valence-electron chi connectivity index (χ4n) is 2.54. The van der Waals surface area contributed by atoms with Crippen LogP contribution in [0.2, 0.25) is 0 Å². The van der Waals surface area contributed by atoms with Gasteiger partial charge in [-0.3, -0.25) is 4.90 Å². The lowest BCUT2D eigenvalue weighted by Crippen LogP contribution is -2.49. The average Bonchev–Trinajstić information content (AvgIpc) is 2.36. The lowest BCUT2D eigenvalue weighted by Gasteiger charge is -2.36. The molecule has 0 aliphatic carbocycles. The number of alkyl halides is 3. The highest BCUT2D eigenvalue weighted by Crippen LogP contribution is 2.20. The highest BCUT2D eigenvalue weighted by molar-refractivity contribution is 4.82. The van der Waals surface area contributed by atoms with Gasteiger partial charge in [-0.2, -0.15) is 13.2 Å². The van der Waals surface area contributed by atoms with Crippen molar-refractivity contribution in [3.63, 3.8) is 0 Å². The van der Waals surface area contributed by atoms with Gasteiger partial charge in [-0.05, 0) is 19.4 Å². The zero-order valence-electron chi connectivity index (χ0n) is 12.0. The normalized spacial score (nSPS) is 24.3. The van der Waals surface area contributed by atoms with E-state index in [0.29, 0.717) is 19.8 Å². The molecular formula is C13H25F3N2O2. The number of aliphatic hydroxyl groups excluding tert-OH is 1. The predicted octanol–water partition coefficient (Wildman–Crippen LogP) is 1.25. The molecule has 0 radical (unpaired) electrons. The number of ether oxygens (including phenoxy) is 1. The Labute approximate surface area is 118 Å². The zero-order valence-corrected chi connectivity index (χ0v) is 12.0. The molecule has 0 bridgehead atoms. The molecule has 1 fully saturated rings. The maximum absolute atomic E-state index is 12.5. The van der Waals surface area contributed by atoms with E-state index in [-0.39, 0.29) is 25.1 Å². The van der Waals surface area contributed by atoms with Crippen LogP contribution < -0.4 is 5.32 Å². The first-order valence-electron chi connectivity index (χ1n) is 7.17. The van der Waals surface area contributed by atoms with E-state index < -0.39 is 12.7 Å². The SMILES string of the molecule is CCCNC1CCOCC1CN(CCO)CC(F)(F)F. The van der Waals surface area contributed by atoms with E-state index in [4.69, 9.17) is 9.84 Å². The van der Waals surface area contributed by atoms with Crippen LogP contribution >= 0.6 is 0 Å². The highest BCUT2D eigenvalue weighted by Gasteiger charge is 2.33. The van der Waals surface area contributed by atoms with E-state index in [1.165, 1.54) is 4.90 Å². The van der Waals surface area contributed by atoms with Crippen molar-refractivity contribution in [2.75, 3.05) is 46.0 Å². The molecule has 1 rings (SSSR count). The molecule has 0 aromatic carbocycles. The summed E-state index contributed by atoms with van der Waals surface area (Å²) in [5.74, 6) is 0.0317. The Balaban J connectivity index is 2.54. The topological polar surface area (TPSA) is 44.7 Å². The van der Waals surface area contributed by atoms with Crippen LogP contribution in [-0.4, -0.2) is 68.2 Å². The van der Waals surface area contributed by atoms with Gasteiger partial charge in [-0.15, -0.1) is 0 Å². The average molecular weight is 298 g/mol. The Morgan fingerprint density at radius 3 is 2.75 bits per heavy atom. The molecule has 0 aromatic heterocycles. The molecular weight excluding hydrogens is 273 g/mol. The first-order chi connectivity index (χ1) is 9.46. The number of hydrogen-bond acceptors (Lipinski definition) is 4. The highest BCUT2D eigenvalue weighted by atomic mass is 19.4. The summed E-state index contributed by atoms with van der Waals surface area (Å²) in [5.41, 5.74) is 0. The van der Waals surface area contributed by atoms with Crippen LogP contribution in [-0.2, 0) is 4.74 Å². The number of nitrogens with zero attached hydrogens (tertiary/aromatic N) is 1. The number of halogens is 3. The largest absolute Gasteiger partial charge is 0.401 e. The molecule has 120 valence electrons. The summed E-state index contributed by atoms with van der Waals surface area (Å²) in [4.78, 5) is 1.26. The summed E-state index contributed by atoms with van der Waals surface area (Å²) in [6.45, 7) is 3.13. The molecule has 1 saturated heterocycles. The maximum atomic E-state index is 12.5. The maximum Gasteiger partial charge on any atom is 0.401 e. The fourth-order valence-corrected chi connectivity index (χ4v) is 2.54. The van der Waals surface area contributed by atoms with Gasteiger partial charge >= 0.3 is 6.18 Å². The van der Waals surface area contributed by atoms with E-state index in [9.17, 15) is 13.2 Å². The lowest BCUT2D eigenvalue weighted by atomic mass is 9.95. The van der Waals surface area contributed by atoms with Gasteiger partial charge in [0.1, 0.15) is 0 Å². The molecule has 7 heteroatoms. The fraction of sp³-hybridized carbons (Fsp3) is 1.00. The minimum atomic E-state index is -4.24. The molecule has 1 aliphatic heterocycles. The summed E-state index contributed by atoms with van der Waals surface area (Å²) >= 11 is 0. The van der Waals surface area contributed by atoms with E-state index >= 15 is 0 Å². The van der Waals surface area contributed by atoms with Crippen molar-refractivity contribution in [3.05, 3.63) is 0 Å². The number of nitrogens with one attached hydrogen (secondary N) is 1. The van der Waals surface area contributed by atoms with Gasteiger partial charge in [-0.25, -0.2) is 0 Å². The summed E-state index contributed by atoms with van der Waals surface area (Å²) in [7, 11) is 0. The number of rotatable bonds is 8. The van der Waals surface area contributed by atoms with Crippen LogP contribution in [0.5, 0.6) is 0 Å². The van der Waals surface area contributed by atoms with Gasteiger partial charge < -0.3 is 15.2 Å². The van der Waals surface area contributed by atoms with Crippen molar-refractivity contribution in [2.24, 2.45) is 5.92 Å². The van der Waals surface area contributed by atoms with Crippen LogP contribution in [0, 0.1) is 5.92 Å². The molecule has 0 aromatic rings. The molecule has 0 spiro atoms. The van der Waals surface area contributed by atoms with Crippen LogP contribution in [0.15, 0.2) is 0 Å². The van der Waals surface area contributed by atoms with E-state index in [1.54, 1.807) is 0 Å². The second-order valence-electron chi connectivity index (χ2n) is 5.26. The molecule has 2 N–H and O–H groups in total. The van der Waals surface area contributed by atoms with Gasteiger partial charge in [0, 0.05) is 31.7 Å². The molecule has 1 heterocycles. The Morgan fingerprint density at radius 1 is 1.40 bits per heavy atom. The molecule has 4 nitrogen and oxygen atoms in total. The van der Waals surface area contributed by atoms with Crippen LogP contribution in [0.4, 0.5) is 13.2 Å². The third-order valence-corrected chi connectivity index (χ3v) is 3.44. The van der Waals surface area contributed by atoms with E-state index in [1.807, 2.05) is 0 Å². The third kappa shape index (κ3) is 6.88. The minimum Gasteiger partial charge on any atom is -0.395 e. The molecule has 0 amide bonds. The summed E-state index contributed by atoms with van der Waals surface area (Å²) in [6, 6.07) is 0.193. The predicted molar refractivity (Wildman–Crippen MR) is 70.6 cm³/mol. The molecule has 2 atom stereocenters. The lowest BCUT2D eigenvalue weighted by molar-refractivity contribution is -0.149. The van der Waals surface area contributed by atoms with Gasteiger partial charge in [0.2, 0.25) is 0 Å². The first-order valence-corrected chi connectivity index (χ1v) is 7.17. The molecule has 2 unspecified atom stereocenters. The second-order valence-corrected chi connectivity index (χ2v) is 5.26. The summed E-state index contributed by atoms with van der Waals surface area (Å²) < 4.78 is 42.9. The first kappa shape index (κ1) is 17.7. The van der Waals surface area contributed by atoms with Gasteiger partial charge in [0.15, 0.2) is 0 Å². The van der Waals surface area contributed by atoms with Crippen molar-refractivity contribution < 1.29 is 23.0 Å². The second kappa shape index (κ2) is 8.81. The van der Waals surface area contributed by atoms with Crippen LogP contribution in [0.25, 0.3) is 0 Å². The van der Waals surface area contributed by atoms with Gasteiger partial charge in [0.25, 0.3) is 0 Å². The summed E-state index contributed by atoms with van der Waals surface area (Å²) in [6.07, 6.45) is -2.42. The van der Waals surface area contributed by atoms with Gasteiger partial charge in [-0.1, -0.05) is 6.92 Å². The van der Waals surface area contributed by atoms with E-state index in [2.05, 4.69) is 12.2 Å². The number of hydrogen-bond donors (Lipinski definition) is 2. The van der Waals surface area contributed by atoms with Crippen LogP contribution in [0.3, 0.4) is 0 Å². The van der Waals surface area contributed by atoms with Crippen molar-refractivity contribution in [1.82, 2.24) is 10.2 Å². The Kier molecular flexibility index (Phi) is 7.79. The van der Waals surface area contributed by atoms with Crippen molar-refractivity contribution in [1.29, 1.82) is 0 Å². The zero-order chi connectivity index (χ0) is 15.0.